The molecule has 13 heteroatoms. The number of rotatable bonds is 6. The quantitative estimate of drug-likeness (QED) is 0.0802. The first kappa shape index (κ1) is 28.2. The molecule has 0 saturated heterocycles. The van der Waals surface area contributed by atoms with Crippen LogP contribution in [0.1, 0.15) is 21.5 Å². The van der Waals surface area contributed by atoms with Gasteiger partial charge in [-0.3, -0.25) is 20.3 Å². The van der Waals surface area contributed by atoms with Crippen LogP contribution in [0.4, 0.5) is 33.3 Å². The van der Waals surface area contributed by atoms with Gasteiger partial charge in [0.25, 0.3) is 11.6 Å². The number of alkyl halides is 3. The van der Waals surface area contributed by atoms with E-state index in [1.54, 1.807) is 12.1 Å². The first-order chi connectivity index (χ1) is 18.8. The van der Waals surface area contributed by atoms with Crippen LogP contribution in [-0.4, -0.2) is 16.7 Å². The van der Waals surface area contributed by atoms with Crippen molar-refractivity contribution >= 4 is 34.8 Å². The maximum atomic E-state index is 14.5. The van der Waals surface area contributed by atoms with Crippen LogP contribution in [0.2, 0.25) is 5.02 Å². The van der Waals surface area contributed by atoms with Gasteiger partial charge in [-0.05, 0) is 54.1 Å². The second-order valence-electron chi connectivity index (χ2n) is 8.19. The van der Waals surface area contributed by atoms with Crippen LogP contribution in [0.3, 0.4) is 0 Å². The number of carbonyl (C=O) groups is 1. The summed E-state index contributed by atoms with van der Waals surface area (Å²) in [5, 5.41) is 21.7. The maximum absolute atomic E-state index is 14.5. The van der Waals surface area contributed by atoms with E-state index in [4.69, 9.17) is 21.7 Å². The van der Waals surface area contributed by atoms with Crippen LogP contribution < -0.4 is 10.1 Å². The van der Waals surface area contributed by atoms with Crippen molar-refractivity contribution < 1.29 is 36.4 Å². The summed E-state index contributed by atoms with van der Waals surface area (Å²) in [5.74, 6) is -3.56. The summed E-state index contributed by atoms with van der Waals surface area (Å²) in [7, 11) is 0. The standard InChI is InChI=1S/C27H15ClF5N3O4/c28-21-4-2-1-3-18(21)25(34)40-24-10-5-14(17-8-6-15(29)12-22(17)30)11-19(24)26(37)35-16-7-9-23(36(38)39)20(13-16)27(31,32)33/h1-13,34H,(H,35,37). The fraction of sp³-hybridized carbons (Fsp3) is 0.0370. The van der Waals surface area contributed by atoms with Gasteiger partial charge >= 0.3 is 6.18 Å². The summed E-state index contributed by atoms with van der Waals surface area (Å²) in [4.78, 5) is 23.1. The van der Waals surface area contributed by atoms with E-state index in [9.17, 15) is 36.9 Å². The van der Waals surface area contributed by atoms with Crippen molar-refractivity contribution in [3.63, 3.8) is 0 Å². The van der Waals surface area contributed by atoms with Crippen LogP contribution >= 0.6 is 11.6 Å². The van der Waals surface area contributed by atoms with E-state index in [-0.39, 0.29) is 33.0 Å². The average molecular weight is 576 g/mol. The maximum Gasteiger partial charge on any atom is 0.423 e. The molecule has 2 N–H and O–H groups in total. The summed E-state index contributed by atoms with van der Waals surface area (Å²) in [6, 6.07) is 14.5. The van der Waals surface area contributed by atoms with Crippen molar-refractivity contribution in [1.82, 2.24) is 0 Å². The van der Waals surface area contributed by atoms with E-state index >= 15 is 0 Å². The highest BCUT2D eigenvalue weighted by Gasteiger charge is 2.38. The molecule has 4 aromatic rings. The Labute approximate surface area is 227 Å². The zero-order valence-electron chi connectivity index (χ0n) is 19.9. The van der Waals surface area contributed by atoms with Crippen LogP contribution in [0.5, 0.6) is 5.75 Å². The van der Waals surface area contributed by atoms with Gasteiger partial charge in [0.1, 0.15) is 22.9 Å². The van der Waals surface area contributed by atoms with Crippen LogP contribution in [-0.2, 0) is 6.18 Å². The van der Waals surface area contributed by atoms with Gasteiger partial charge in [0.2, 0.25) is 5.90 Å². The zero-order valence-corrected chi connectivity index (χ0v) is 20.6. The molecule has 0 aliphatic rings. The van der Waals surface area contributed by atoms with Crippen molar-refractivity contribution in [2.24, 2.45) is 0 Å². The van der Waals surface area contributed by atoms with E-state index in [0.29, 0.717) is 18.2 Å². The Kier molecular flexibility index (Phi) is 7.82. The van der Waals surface area contributed by atoms with Crippen molar-refractivity contribution in [3.8, 4) is 16.9 Å². The molecule has 0 spiro atoms. The molecule has 0 radical (unpaired) electrons. The average Bonchev–Trinajstić information content (AvgIpc) is 2.88. The number of nitro benzene ring substituents is 1. The lowest BCUT2D eigenvalue weighted by molar-refractivity contribution is -0.388. The zero-order chi connectivity index (χ0) is 29.2. The second-order valence-corrected chi connectivity index (χ2v) is 8.59. The normalized spacial score (nSPS) is 11.2. The number of benzene rings is 4. The molecule has 40 heavy (non-hydrogen) atoms. The molecule has 0 unspecified atom stereocenters. The minimum atomic E-state index is -5.10. The molecular weight excluding hydrogens is 561 g/mol. The lowest BCUT2D eigenvalue weighted by Crippen LogP contribution is -2.17. The van der Waals surface area contributed by atoms with E-state index in [2.05, 4.69) is 5.32 Å². The SMILES string of the molecule is N=C(Oc1ccc(-c2ccc(F)cc2F)cc1C(=O)Nc1ccc([N+](=O)[O-])c(C(F)(F)F)c1)c1ccccc1Cl. The number of hydrogen-bond donors (Lipinski definition) is 2. The fourth-order valence-corrected chi connectivity index (χ4v) is 3.92. The molecule has 0 aromatic heterocycles. The predicted octanol–water partition coefficient (Wildman–Crippen LogP) is 7.87. The molecule has 0 atom stereocenters. The van der Waals surface area contributed by atoms with Gasteiger partial charge in [-0.25, -0.2) is 8.78 Å². The Morgan fingerprint density at radius 3 is 2.33 bits per heavy atom. The Morgan fingerprint density at radius 2 is 1.68 bits per heavy atom. The number of nitrogens with one attached hydrogen (secondary N) is 2. The number of amides is 1. The second kappa shape index (κ2) is 11.1. The fourth-order valence-electron chi connectivity index (χ4n) is 3.70. The van der Waals surface area contributed by atoms with E-state index in [0.717, 1.165) is 24.3 Å². The van der Waals surface area contributed by atoms with Crippen LogP contribution in [0.25, 0.3) is 11.1 Å². The molecule has 4 aromatic carbocycles. The molecule has 0 heterocycles. The van der Waals surface area contributed by atoms with Crippen molar-refractivity contribution in [2.75, 3.05) is 5.32 Å². The molecule has 0 saturated carbocycles. The van der Waals surface area contributed by atoms with E-state index < -0.39 is 51.5 Å². The summed E-state index contributed by atoms with van der Waals surface area (Å²) in [6.45, 7) is 0. The summed E-state index contributed by atoms with van der Waals surface area (Å²) in [6.07, 6.45) is -5.10. The number of anilines is 1. The first-order valence-corrected chi connectivity index (χ1v) is 11.5. The van der Waals surface area contributed by atoms with Crippen LogP contribution in [0, 0.1) is 27.2 Å². The Hall–Kier alpha value is -4.84. The van der Waals surface area contributed by atoms with Gasteiger partial charge in [-0.2, -0.15) is 13.2 Å². The molecule has 0 bridgehead atoms. The molecule has 204 valence electrons. The molecular formula is C27H15ClF5N3O4. The number of halogens is 6. The van der Waals surface area contributed by atoms with Gasteiger partial charge in [0.05, 0.1) is 21.1 Å². The third kappa shape index (κ3) is 6.07. The van der Waals surface area contributed by atoms with Crippen molar-refractivity contribution in [2.45, 2.75) is 6.18 Å². The summed E-state index contributed by atoms with van der Waals surface area (Å²) < 4.78 is 73.7. The van der Waals surface area contributed by atoms with Gasteiger partial charge in [-0.1, -0.05) is 29.8 Å². The third-order valence-corrected chi connectivity index (χ3v) is 5.88. The molecule has 1 amide bonds. The highest BCUT2D eigenvalue weighted by molar-refractivity contribution is 6.33. The van der Waals surface area contributed by atoms with Gasteiger partial charge in [0.15, 0.2) is 0 Å². The van der Waals surface area contributed by atoms with E-state index in [1.165, 1.54) is 24.3 Å². The topological polar surface area (TPSA) is 105 Å². The number of carbonyl (C=O) groups excluding carboxylic acids is 1. The van der Waals surface area contributed by atoms with Gasteiger partial charge in [0, 0.05) is 23.4 Å². The third-order valence-electron chi connectivity index (χ3n) is 5.55. The highest BCUT2D eigenvalue weighted by atomic mass is 35.5. The minimum absolute atomic E-state index is 0.0824. The van der Waals surface area contributed by atoms with Crippen LogP contribution in [0.15, 0.2) is 78.9 Å². The smallest absolute Gasteiger partial charge is 0.423 e. The summed E-state index contributed by atoms with van der Waals surface area (Å²) >= 11 is 6.10. The molecule has 0 fully saturated rings. The Bertz CT molecular complexity index is 1660. The highest BCUT2D eigenvalue weighted by Crippen LogP contribution is 2.38. The number of hydrogen-bond acceptors (Lipinski definition) is 5. The lowest BCUT2D eigenvalue weighted by Gasteiger charge is -2.15. The largest absolute Gasteiger partial charge is 0.438 e. The number of ether oxygens (including phenoxy) is 1. The number of nitro groups is 1. The van der Waals surface area contributed by atoms with Gasteiger partial charge in [-0.15, -0.1) is 0 Å². The lowest BCUT2D eigenvalue weighted by atomic mass is 10.0. The van der Waals surface area contributed by atoms with Crippen molar-refractivity contribution in [3.05, 3.63) is 122 Å². The number of nitrogens with zero attached hydrogens (tertiary/aromatic N) is 1. The molecule has 7 nitrogen and oxygen atoms in total. The van der Waals surface area contributed by atoms with Gasteiger partial charge < -0.3 is 10.1 Å². The molecule has 0 aliphatic carbocycles. The van der Waals surface area contributed by atoms with E-state index in [1.807, 2.05) is 0 Å². The summed E-state index contributed by atoms with van der Waals surface area (Å²) in [5.41, 5.74) is -3.43. The molecule has 4 rings (SSSR count). The monoisotopic (exact) mass is 575 g/mol. The van der Waals surface area contributed by atoms with Crippen molar-refractivity contribution in [1.29, 1.82) is 5.41 Å². The first-order valence-electron chi connectivity index (χ1n) is 11.1. The Balaban J connectivity index is 1.77. The molecule has 0 aliphatic heterocycles. The minimum Gasteiger partial charge on any atom is -0.438 e. The Morgan fingerprint density at radius 1 is 0.950 bits per heavy atom. The predicted molar refractivity (Wildman–Crippen MR) is 137 cm³/mol.